The van der Waals surface area contributed by atoms with Gasteiger partial charge >= 0.3 is 11.8 Å². The van der Waals surface area contributed by atoms with Crippen LogP contribution in [0.25, 0.3) is 0 Å². The lowest BCUT2D eigenvalue weighted by molar-refractivity contribution is -0.136. The first kappa shape index (κ1) is 23.2. The summed E-state index contributed by atoms with van der Waals surface area (Å²) in [5, 5.41) is 5.28. The minimum Gasteiger partial charge on any atom is -0.379 e. The molecule has 1 atom stereocenters. The summed E-state index contributed by atoms with van der Waals surface area (Å²) >= 11 is 0. The highest BCUT2D eigenvalue weighted by molar-refractivity contribution is 6.39. The molecule has 3 rings (SSSR count). The third-order valence-corrected chi connectivity index (χ3v) is 5.37. The lowest BCUT2D eigenvalue weighted by Gasteiger charge is -2.35. The van der Waals surface area contributed by atoms with Gasteiger partial charge in [0, 0.05) is 50.7 Å². The minimum absolute atomic E-state index is 0.0817. The van der Waals surface area contributed by atoms with Crippen LogP contribution in [-0.2, 0) is 14.3 Å². The molecule has 32 heavy (non-hydrogen) atoms. The molecule has 0 radical (unpaired) electrons. The van der Waals surface area contributed by atoms with Gasteiger partial charge in [0.05, 0.1) is 19.3 Å². The number of hydrogen-bond donors (Lipinski definition) is 3. The van der Waals surface area contributed by atoms with Gasteiger partial charge in [-0.3, -0.25) is 19.3 Å². The summed E-state index contributed by atoms with van der Waals surface area (Å²) in [5.41, 5.74) is 8.07. The number of carbonyl (C=O) groups excluding carboxylic acids is 3. The summed E-state index contributed by atoms with van der Waals surface area (Å²) in [6.07, 6.45) is 0. The normalized spacial score (nSPS) is 14.9. The van der Waals surface area contributed by atoms with Crippen molar-refractivity contribution in [2.24, 2.45) is 5.73 Å². The maximum atomic E-state index is 12.4. The largest absolute Gasteiger partial charge is 0.379 e. The fraction of sp³-hybridized carbons (Fsp3) is 0.348. The van der Waals surface area contributed by atoms with Crippen LogP contribution in [0.3, 0.4) is 0 Å². The predicted octanol–water partition coefficient (Wildman–Crippen LogP) is 0.980. The quantitative estimate of drug-likeness (QED) is 0.554. The Bertz CT molecular complexity index is 938. The molecule has 1 fully saturated rings. The van der Waals surface area contributed by atoms with Crippen molar-refractivity contribution in [1.82, 2.24) is 10.2 Å². The summed E-state index contributed by atoms with van der Waals surface area (Å²) in [5.74, 6) is -2.07. The van der Waals surface area contributed by atoms with Crippen LogP contribution in [0.4, 0.5) is 11.4 Å². The molecule has 0 bridgehead atoms. The Morgan fingerprint density at radius 3 is 2.19 bits per heavy atom. The molecule has 1 saturated heterocycles. The van der Waals surface area contributed by atoms with Gasteiger partial charge < -0.3 is 26.0 Å². The SMILES string of the molecule is CN(C)c1ccc([C@H](CNC(=O)C(=O)Nc2ccc(C(N)=O)cc2)N2CCOCC2)cc1. The van der Waals surface area contributed by atoms with Crippen LogP contribution in [0.15, 0.2) is 48.5 Å². The fourth-order valence-electron chi connectivity index (χ4n) is 3.52. The molecule has 0 aromatic heterocycles. The lowest BCUT2D eigenvalue weighted by atomic mass is 10.0. The molecule has 9 nitrogen and oxygen atoms in total. The Balaban J connectivity index is 1.64. The Morgan fingerprint density at radius 2 is 1.62 bits per heavy atom. The number of primary amides is 1. The number of amides is 3. The highest BCUT2D eigenvalue weighted by Crippen LogP contribution is 2.24. The van der Waals surface area contributed by atoms with E-state index in [9.17, 15) is 14.4 Å². The maximum Gasteiger partial charge on any atom is 0.313 e. The molecule has 1 aliphatic heterocycles. The van der Waals surface area contributed by atoms with Gasteiger partial charge in [0.15, 0.2) is 0 Å². The fourth-order valence-corrected chi connectivity index (χ4v) is 3.52. The van der Waals surface area contributed by atoms with E-state index in [0.717, 1.165) is 24.3 Å². The molecular weight excluding hydrogens is 410 g/mol. The summed E-state index contributed by atoms with van der Waals surface area (Å²) in [7, 11) is 3.96. The third-order valence-electron chi connectivity index (χ3n) is 5.37. The van der Waals surface area contributed by atoms with Crippen molar-refractivity contribution in [3.63, 3.8) is 0 Å². The Labute approximate surface area is 187 Å². The standard InChI is InChI=1S/C23H29N5O4/c1-27(2)19-9-5-16(6-10-19)20(28-11-13-32-14-12-28)15-25-22(30)23(31)26-18-7-3-17(4-8-18)21(24)29/h3-10,20H,11-15H2,1-2H3,(H2,24,29)(H,25,30)(H,26,31)/t20-/m0/s1. The van der Waals surface area contributed by atoms with Gasteiger partial charge in [0.1, 0.15) is 0 Å². The number of nitrogens with two attached hydrogens (primary N) is 1. The van der Waals surface area contributed by atoms with Crippen molar-refractivity contribution < 1.29 is 19.1 Å². The number of morpholine rings is 1. The number of nitrogens with one attached hydrogen (secondary N) is 2. The Hall–Kier alpha value is -3.43. The summed E-state index contributed by atoms with van der Waals surface area (Å²) < 4.78 is 5.46. The number of nitrogens with zero attached hydrogens (tertiary/aromatic N) is 2. The molecule has 4 N–H and O–H groups in total. The van der Waals surface area contributed by atoms with Gasteiger partial charge in [-0.05, 0) is 42.0 Å². The molecule has 170 valence electrons. The van der Waals surface area contributed by atoms with Crippen molar-refractivity contribution in [3.05, 3.63) is 59.7 Å². The van der Waals surface area contributed by atoms with E-state index in [1.54, 1.807) is 0 Å². The molecule has 0 spiro atoms. The van der Waals surface area contributed by atoms with Gasteiger partial charge in [-0.2, -0.15) is 0 Å². The predicted molar refractivity (Wildman–Crippen MR) is 123 cm³/mol. The van der Waals surface area contributed by atoms with Crippen molar-refractivity contribution in [3.8, 4) is 0 Å². The zero-order valence-electron chi connectivity index (χ0n) is 18.3. The zero-order valence-corrected chi connectivity index (χ0v) is 18.3. The van der Waals surface area contributed by atoms with E-state index in [-0.39, 0.29) is 12.6 Å². The van der Waals surface area contributed by atoms with Crippen LogP contribution in [0.5, 0.6) is 0 Å². The Morgan fingerprint density at radius 1 is 1.00 bits per heavy atom. The van der Waals surface area contributed by atoms with Gasteiger partial charge in [0.25, 0.3) is 0 Å². The van der Waals surface area contributed by atoms with Crippen LogP contribution in [0, 0.1) is 0 Å². The van der Waals surface area contributed by atoms with E-state index < -0.39 is 17.7 Å². The molecule has 1 aliphatic rings. The van der Waals surface area contributed by atoms with Crippen molar-refractivity contribution in [2.45, 2.75) is 6.04 Å². The minimum atomic E-state index is -0.777. The maximum absolute atomic E-state index is 12.4. The molecule has 0 aliphatic carbocycles. The van der Waals surface area contributed by atoms with E-state index in [1.807, 2.05) is 43.3 Å². The van der Waals surface area contributed by atoms with Crippen LogP contribution < -0.4 is 21.3 Å². The van der Waals surface area contributed by atoms with Crippen molar-refractivity contribution in [1.29, 1.82) is 0 Å². The van der Waals surface area contributed by atoms with Crippen LogP contribution in [0.2, 0.25) is 0 Å². The number of carbonyl (C=O) groups is 3. The van der Waals surface area contributed by atoms with Crippen molar-refractivity contribution >= 4 is 29.1 Å². The topological polar surface area (TPSA) is 117 Å². The molecular formula is C23H29N5O4. The number of hydrogen-bond acceptors (Lipinski definition) is 6. The molecule has 9 heteroatoms. The van der Waals surface area contributed by atoms with Crippen molar-refractivity contribution in [2.75, 3.05) is 57.2 Å². The lowest BCUT2D eigenvalue weighted by Crippen LogP contribution is -2.45. The highest BCUT2D eigenvalue weighted by atomic mass is 16.5. The van der Waals surface area contributed by atoms with E-state index >= 15 is 0 Å². The first-order valence-electron chi connectivity index (χ1n) is 10.4. The molecule has 0 saturated carbocycles. The second kappa shape index (κ2) is 10.7. The second-order valence-corrected chi connectivity index (χ2v) is 7.76. The second-order valence-electron chi connectivity index (χ2n) is 7.76. The summed E-state index contributed by atoms with van der Waals surface area (Å²) in [4.78, 5) is 40.2. The average molecular weight is 440 g/mol. The first-order chi connectivity index (χ1) is 15.3. The zero-order chi connectivity index (χ0) is 23.1. The summed E-state index contributed by atoms with van der Waals surface area (Å²) in [6.45, 7) is 3.03. The number of rotatable bonds is 7. The molecule has 3 amide bonds. The smallest absolute Gasteiger partial charge is 0.313 e. The third kappa shape index (κ3) is 6.05. The van der Waals surface area contributed by atoms with E-state index in [2.05, 4.69) is 15.5 Å². The number of anilines is 2. The first-order valence-corrected chi connectivity index (χ1v) is 10.4. The van der Waals surface area contributed by atoms with E-state index in [4.69, 9.17) is 10.5 Å². The molecule has 0 unspecified atom stereocenters. The van der Waals surface area contributed by atoms with Gasteiger partial charge in [-0.25, -0.2) is 0 Å². The highest BCUT2D eigenvalue weighted by Gasteiger charge is 2.24. The van der Waals surface area contributed by atoms with Gasteiger partial charge in [-0.15, -0.1) is 0 Å². The number of ether oxygens (including phenoxy) is 1. The number of benzene rings is 2. The van der Waals surface area contributed by atoms with Crippen LogP contribution >= 0.6 is 0 Å². The monoisotopic (exact) mass is 439 g/mol. The summed E-state index contributed by atoms with van der Waals surface area (Å²) in [6, 6.07) is 14.1. The molecule has 2 aromatic rings. The molecule has 2 aromatic carbocycles. The van der Waals surface area contributed by atoms with Crippen LogP contribution in [-0.4, -0.2) is 69.6 Å². The van der Waals surface area contributed by atoms with Crippen LogP contribution in [0.1, 0.15) is 22.0 Å². The van der Waals surface area contributed by atoms with Gasteiger partial charge in [0.2, 0.25) is 5.91 Å². The molecule has 1 heterocycles. The van der Waals surface area contributed by atoms with E-state index in [0.29, 0.717) is 24.5 Å². The average Bonchev–Trinajstić information content (AvgIpc) is 2.80. The Kier molecular flexibility index (Phi) is 7.80. The van der Waals surface area contributed by atoms with Gasteiger partial charge in [-0.1, -0.05) is 12.1 Å². The van der Waals surface area contributed by atoms with E-state index in [1.165, 1.54) is 24.3 Å².